The lowest BCUT2D eigenvalue weighted by atomic mass is 10.1. The van der Waals surface area contributed by atoms with Crippen LogP contribution in [0.5, 0.6) is 0 Å². The Kier molecular flexibility index (Phi) is 6.90. The van der Waals surface area contributed by atoms with Crippen LogP contribution in [-0.2, 0) is 30.3 Å². The molecule has 0 fully saturated rings. The van der Waals surface area contributed by atoms with Gasteiger partial charge in [-0.15, -0.1) is 0 Å². The highest BCUT2D eigenvalue weighted by Crippen LogP contribution is 2.04. The van der Waals surface area contributed by atoms with Gasteiger partial charge >= 0.3 is 5.97 Å². The Morgan fingerprint density at radius 2 is 2.00 bits per heavy atom. The van der Waals surface area contributed by atoms with E-state index in [4.69, 9.17) is 5.73 Å². The summed E-state index contributed by atoms with van der Waals surface area (Å²) in [7, 11) is 1.24. The van der Waals surface area contributed by atoms with E-state index >= 15 is 0 Å². The molecule has 0 heterocycles. The normalized spacial score (nSPS) is 12.9. The SMILES string of the molecule is COC(=O)C(Cc1ccccc1)NC(=O)C(N)COC=O. The van der Waals surface area contributed by atoms with Crippen molar-refractivity contribution in [2.45, 2.75) is 18.5 Å². The van der Waals surface area contributed by atoms with Crippen molar-refractivity contribution in [2.24, 2.45) is 5.73 Å². The van der Waals surface area contributed by atoms with Crippen molar-refractivity contribution in [3.05, 3.63) is 35.9 Å². The highest BCUT2D eigenvalue weighted by atomic mass is 16.5. The molecule has 0 saturated carbocycles. The number of benzene rings is 1. The van der Waals surface area contributed by atoms with Gasteiger partial charge in [0.05, 0.1) is 7.11 Å². The summed E-state index contributed by atoms with van der Waals surface area (Å²) in [6.45, 7) is -0.0521. The average Bonchev–Trinajstić information content (AvgIpc) is 2.51. The molecule has 2 atom stereocenters. The number of carbonyl (C=O) groups excluding carboxylic acids is 3. The molecular weight excluding hydrogens is 276 g/mol. The summed E-state index contributed by atoms with van der Waals surface area (Å²) in [5.74, 6) is -1.17. The number of esters is 1. The molecule has 7 heteroatoms. The van der Waals surface area contributed by atoms with Crippen molar-refractivity contribution < 1.29 is 23.9 Å². The van der Waals surface area contributed by atoms with Crippen LogP contribution in [0.1, 0.15) is 5.56 Å². The second-order valence-electron chi connectivity index (χ2n) is 4.31. The molecule has 0 aromatic heterocycles. The Labute approximate surface area is 122 Å². The number of carbonyl (C=O) groups is 3. The van der Waals surface area contributed by atoms with E-state index in [1.165, 1.54) is 7.11 Å². The van der Waals surface area contributed by atoms with E-state index in [1.54, 1.807) is 0 Å². The van der Waals surface area contributed by atoms with Crippen molar-refractivity contribution in [3.8, 4) is 0 Å². The average molecular weight is 294 g/mol. The lowest BCUT2D eigenvalue weighted by molar-refractivity contribution is -0.145. The largest absolute Gasteiger partial charge is 0.467 e. The third-order valence-electron chi connectivity index (χ3n) is 2.77. The number of rotatable bonds is 8. The van der Waals surface area contributed by atoms with E-state index in [-0.39, 0.29) is 19.5 Å². The minimum atomic E-state index is -1.04. The topological polar surface area (TPSA) is 108 Å². The first-order valence-corrected chi connectivity index (χ1v) is 6.31. The monoisotopic (exact) mass is 294 g/mol. The molecule has 0 radical (unpaired) electrons. The van der Waals surface area contributed by atoms with E-state index in [0.717, 1.165) is 5.56 Å². The molecule has 0 spiro atoms. The van der Waals surface area contributed by atoms with Gasteiger partial charge in [-0.1, -0.05) is 30.3 Å². The maximum Gasteiger partial charge on any atom is 0.328 e. The number of nitrogens with two attached hydrogens (primary N) is 1. The minimum absolute atomic E-state index is 0.203. The first-order valence-electron chi connectivity index (χ1n) is 6.31. The molecule has 1 aromatic rings. The maximum atomic E-state index is 11.8. The predicted octanol–water partition coefficient (Wildman–Crippen LogP) is -0.613. The number of ether oxygens (including phenoxy) is 2. The zero-order chi connectivity index (χ0) is 15.7. The molecule has 0 aliphatic heterocycles. The number of methoxy groups -OCH3 is 1. The molecule has 2 unspecified atom stereocenters. The van der Waals surface area contributed by atoms with Gasteiger partial charge in [0.2, 0.25) is 5.91 Å². The van der Waals surface area contributed by atoms with Crippen LogP contribution in [0.25, 0.3) is 0 Å². The van der Waals surface area contributed by atoms with Crippen molar-refractivity contribution in [3.63, 3.8) is 0 Å². The molecule has 0 aliphatic rings. The molecule has 1 rings (SSSR count). The van der Waals surface area contributed by atoms with Crippen LogP contribution >= 0.6 is 0 Å². The summed E-state index contributed by atoms with van der Waals surface area (Å²) in [5.41, 5.74) is 6.41. The molecule has 1 amide bonds. The van der Waals surface area contributed by atoms with Gasteiger partial charge < -0.3 is 20.5 Å². The van der Waals surface area contributed by atoms with Gasteiger partial charge in [0.1, 0.15) is 18.7 Å². The van der Waals surface area contributed by atoms with Gasteiger partial charge in [-0.2, -0.15) is 0 Å². The van der Waals surface area contributed by atoms with Gasteiger partial charge in [-0.3, -0.25) is 9.59 Å². The Bertz CT molecular complexity index is 478. The maximum absolute atomic E-state index is 11.8. The quantitative estimate of drug-likeness (QED) is 0.489. The molecule has 3 N–H and O–H groups in total. The van der Waals surface area contributed by atoms with E-state index in [1.807, 2.05) is 30.3 Å². The van der Waals surface area contributed by atoms with Gasteiger partial charge in [-0.05, 0) is 5.56 Å². The van der Waals surface area contributed by atoms with Crippen LogP contribution in [0.3, 0.4) is 0 Å². The summed E-state index contributed by atoms with van der Waals surface area (Å²) in [6.07, 6.45) is 0.278. The van der Waals surface area contributed by atoms with Crippen LogP contribution in [0.15, 0.2) is 30.3 Å². The van der Waals surface area contributed by atoms with E-state index in [9.17, 15) is 14.4 Å². The third kappa shape index (κ3) is 5.62. The first kappa shape index (κ1) is 16.6. The lowest BCUT2D eigenvalue weighted by Crippen LogP contribution is -2.51. The highest BCUT2D eigenvalue weighted by Gasteiger charge is 2.24. The Morgan fingerprint density at radius 1 is 1.33 bits per heavy atom. The highest BCUT2D eigenvalue weighted by molar-refractivity contribution is 5.87. The molecule has 114 valence electrons. The van der Waals surface area contributed by atoms with Crippen LogP contribution in [0.2, 0.25) is 0 Å². The van der Waals surface area contributed by atoms with Crippen molar-refractivity contribution in [2.75, 3.05) is 13.7 Å². The van der Waals surface area contributed by atoms with Crippen LogP contribution < -0.4 is 11.1 Å². The second-order valence-corrected chi connectivity index (χ2v) is 4.31. The van der Waals surface area contributed by atoms with E-state index in [2.05, 4.69) is 14.8 Å². The number of hydrogen-bond donors (Lipinski definition) is 2. The smallest absolute Gasteiger partial charge is 0.328 e. The van der Waals surface area contributed by atoms with E-state index in [0.29, 0.717) is 0 Å². The Balaban J connectivity index is 2.68. The van der Waals surface area contributed by atoms with Gasteiger partial charge in [0, 0.05) is 6.42 Å². The first-order chi connectivity index (χ1) is 10.1. The lowest BCUT2D eigenvalue weighted by Gasteiger charge is -2.19. The number of amides is 1. The summed E-state index contributed by atoms with van der Waals surface area (Å²) in [5, 5.41) is 2.49. The van der Waals surface area contributed by atoms with Gasteiger partial charge in [0.15, 0.2) is 0 Å². The Morgan fingerprint density at radius 3 is 2.57 bits per heavy atom. The summed E-state index contributed by atoms with van der Waals surface area (Å²) >= 11 is 0. The number of nitrogens with one attached hydrogen (secondary N) is 1. The fourth-order valence-corrected chi connectivity index (χ4v) is 1.68. The molecule has 0 bridgehead atoms. The van der Waals surface area contributed by atoms with Crippen molar-refractivity contribution >= 4 is 18.3 Å². The van der Waals surface area contributed by atoms with Gasteiger partial charge in [-0.25, -0.2) is 4.79 Å². The zero-order valence-electron chi connectivity index (χ0n) is 11.7. The second kappa shape index (κ2) is 8.70. The minimum Gasteiger partial charge on any atom is -0.467 e. The molecule has 21 heavy (non-hydrogen) atoms. The fraction of sp³-hybridized carbons (Fsp3) is 0.357. The third-order valence-corrected chi connectivity index (χ3v) is 2.77. The summed E-state index contributed by atoms with van der Waals surface area (Å²) in [6, 6.07) is 7.27. The zero-order valence-corrected chi connectivity index (χ0v) is 11.7. The molecular formula is C14H18N2O5. The van der Waals surface area contributed by atoms with Crippen molar-refractivity contribution in [1.82, 2.24) is 5.32 Å². The molecule has 7 nitrogen and oxygen atoms in total. The molecule has 1 aromatic carbocycles. The predicted molar refractivity (Wildman–Crippen MR) is 74.1 cm³/mol. The molecule has 0 aliphatic carbocycles. The summed E-state index contributed by atoms with van der Waals surface area (Å²) in [4.78, 5) is 33.6. The number of hydrogen-bond acceptors (Lipinski definition) is 6. The fourth-order valence-electron chi connectivity index (χ4n) is 1.68. The molecule has 0 saturated heterocycles. The van der Waals surface area contributed by atoms with Crippen LogP contribution in [-0.4, -0.2) is 44.1 Å². The van der Waals surface area contributed by atoms with E-state index < -0.39 is 24.0 Å². The Hall–Kier alpha value is -2.41. The van der Waals surface area contributed by atoms with Crippen molar-refractivity contribution in [1.29, 1.82) is 0 Å². The van der Waals surface area contributed by atoms with Crippen LogP contribution in [0.4, 0.5) is 0 Å². The van der Waals surface area contributed by atoms with Gasteiger partial charge in [0.25, 0.3) is 6.47 Å². The van der Waals surface area contributed by atoms with Crippen LogP contribution in [0, 0.1) is 0 Å². The summed E-state index contributed by atoms with van der Waals surface area (Å²) < 4.78 is 9.08. The standard InChI is InChI=1S/C14H18N2O5/c1-20-14(19)12(7-10-5-3-2-4-6-10)16-13(18)11(15)8-21-9-17/h2-6,9,11-12H,7-8,15H2,1H3,(H,16,18).